The van der Waals surface area contributed by atoms with Gasteiger partial charge in [-0.3, -0.25) is 0 Å². The fourth-order valence-corrected chi connectivity index (χ4v) is 3.12. The van der Waals surface area contributed by atoms with Crippen LogP contribution in [0.4, 0.5) is 0 Å². The number of rotatable bonds is 4. The van der Waals surface area contributed by atoms with Crippen molar-refractivity contribution in [3.05, 3.63) is 65.0 Å². The molecule has 3 heteroatoms. The van der Waals surface area contributed by atoms with E-state index in [1.807, 2.05) is 18.2 Å². The molecular weight excluding hydrogens is 254 g/mol. The molecular formula is C16H15NOS. The molecule has 0 aliphatic heterocycles. The van der Waals surface area contributed by atoms with E-state index in [0.29, 0.717) is 12.3 Å². The molecule has 19 heavy (non-hydrogen) atoms. The Morgan fingerprint density at radius 3 is 2.53 bits per heavy atom. The van der Waals surface area contributed by atoms with Crippen molar-refractivity contribution in [1.29, 1.82) is 0 Å². The number of hydrogen-bond acceptors (Lipinski definition) is 3. The Morgan fingerprint density at radius 1 is 0.895 bits per heavy atom. The fourth-order valence-electron chi connectivity index (χ4n) is 2.16. The summed E-state index contributed by atoms with van der Waals surface area (Å²) in [5.74, 6) is 0.352. The molecule has 0 aliphatic rings. The number of thiophene rings is 1. The van der Waals surface area contributed by atoms with Gasteiger partial charge in [0.25, 0.3) is 0 Å². The predicted octanol–water partition coefficient (Wildman–Crippen LogP) is 3.90. The zero-order valence-electron chi connectivity index (χ0n) is 10.5. The van der Waals surface area contributed by atoms with Crippen LogP contribution in [0.5, 0.6) is 5.75 Å². The van der Waals surface area contributed by atoms with Gasteiger partial charge in [-0.05, 0) is 28.5 Å². The summed E-state index contributed by atoms with van der Waals surface area (Å²) in [5.41, 5.74) is 2.25. The van der Waals surface area contributed by atoms with Crippen molar-refractivity contribution in [3.63, 3.8) is 0 Å². The van der Waals surface area contributed by atoms with E-state index >= 15 is 0 Å². The minimum Gasteiger partial charge on any atom is -0.508 e. The molecule has 0 saturated carbocycles. The summed E-state index contributed by atoms with van der Waals surface area (Å²) in [6.07, 6.45) is 0. The van der Waals surface area contributed by atoms with Crippen molar-refractivity contribution in [2.24, 2.45) is 0 Å². The second-order valence-electron chi connectivity index (χ2n) is 4.49. The smallest absolute Gasteiger partial charge is 0.120 e. The van der Waals surface area contributed by atoms with E-state index in [2.05, 4.69) is 35.0 Å². The Bertz CT molecular complexity index is 690. The van der Waals surface area contributed by atoms with Gasteiger partial charge >= 0.3 is 0 Å². The first kappa shape index (κ1) is 12.2. The van der Waals surface area contributed by atoms with Crippen molar-refractivity contribution >= 4 is 21.4 Å². The molecule has 0 amide bonds. The number of aromatic hydroxyl groups is 1. The predicted molar refractivity (Wildman–Crippen MR) is 80.5 cm³/mol. The average Bonchev–Trinajstić information content (AvgIpc) is 2.85. The molecule has 3 aromatic rings. The van der Waals surface area contributed by atoms with Crippen LogP contribution in [-0.4, -0.2) is 5.11 Å². The lowest BCUT2D eigenvalue weighted by atomic mass is 10.1. The minimum absolute atomic E-state index is 0.352. The number of phenols is 1. The van der Waals surface area contributed by atoms with Gasteiger partial charge in [0.15, 0.2) is 0 Å². The second kappa shape index (κ2) is 5.43. The maximum atomic E-state index is 9.70. The Balaban J connectivity index is 1.68. The van der Waals surface area contributed by atoms with Crippen LogP contribution in [0.2, 0.25) is 0 Å². The Hall–Kier alpha value is -1.84. The highest BCUT2D eigenvalue weighted by Gasteiger charge is 2.03. The number of benzene rings is 2. The van der Waals surface area contributed by atoms with E-state index in [-0.39, 0.29) is 0 Å². The quantitative estimate of drug-likeness (QED) is 0.753. The standard InChI is InChI=1S/C16H15NOS/c18-15-7-3-1-5-12(15)9-17-10-13-11-19-16-8-4-2-6-14(13)16/h1-8,11,17-18H,9-10H2. The summed E-state index contributed by atoms with van der Waals surface area (Å²) >= 11 is 1.77. The van der Waals surface area contributed by atoms with Crippen LogP contribution < -0.4 is 5.32 Å². The van der Waals surface area contributed by atoms with Gasteiger partial charge in [-0.2, -0.15) is 0 Å². The van der Waals surface area contributed by atoms with Crippen LogP contribution in [0, 0.1) is 0 Å². The summed E-state index contributed by atoms with van der Waals surface area (Å²) in [6, 6.07) is 15.9. The first-order valence-corrected chi connectivity index (χ1v) is 7.15. The largest absolute Gasteiger partial charge is 0.508 e. The first-order valence-electron chi connectivity index (χ1n) is 6.27. The fraction of sp³-hybridized carbons (Fsp3) is 0.125. The van der Waals surface area contributed by atoms with Gasteiger partial charge in [-0.1, -0.05) is 36.4 Å². The molecule has 2 nitrogen and oxygen atoms in total. The van der Waals surface area contributed by atoms with Gasteiger partial charge in [0.2, 0.25) is 0 Å². The summed E-state index contributed by atoms with van der Waals surface area (Å²) in [7, 11) is 0. The lowest BCUT2D eigenvalue weighted by Crippen LogP contribution is -2.12. The maximum absolute atomic E-state index is 9.70. The number of phenolic OH excluding ortho intramolecular Hbond substituents is 1. The Labute approximate surface area is 116 Å². The molecule has 0 atom stereocenters. The number of para-hydroxylation sites is 1. The molecule has 0 radical (unpaired) electrons. The number of hydrogen-bond donors (Lipinski definition) is 2. The highest BCUT2D eigenvalue weighted by Crippen LogP contribution is 2.25. The zero-order valence-corrected chi connectivity index (χ0v) is 11.3. The molecule has 2 N–H and O–H groups in total. The number of nitrogens with one attached hydrogen (secondary N) is 1. The molecule has 0 aliphatic carbocycles. The van der Waals surface area contributed by atoms with E-state index in [9.17, 15) is 5.11 Å². The van der Waals surface area contributed by atoms with E-state index in [4.69, 9.17) is 0 Å². The van der Waals surface area contributed by atoms with Crippen LogP contribution in [0.25, 0.3) is 10.1 Å². The average molecular weight is 269 g/mol. The van der Waals surface area contributed by atoms with Crippen molar-refractivity contribution in [1.82, 2.24) is 5.32 Å². The topological polar surface area (TPSA) is 32.3 Å². The van der Waals surface area contributed by atoms with Crippen LogP contribution in [0.1, 0.15) is 11.1 Å². The van der Waals surface area contributed by atoms with E-state index in [0.717, 1.165) is 12.1 Å². The van der Waals surface area contributed by atoms with Gasteiger partial charge in [-0.15, -0.1) is 11.3 Å². The van der Waals surface area contributed by atoms with E-state index in [1.165, 1.54) is 15.6 Å². The van der Waals surface area contributed by atoms with Crippen LogP contribution in [-0.2, 0) is 13.1 Å². The third-order valence-corrected chi connectivity index (χ3v) is 4.20. The summed E-state index contributed by atoms with van der Waals surface area (Å²) < 4.78 is 1.32. The van der Waals surface area contributed by atoms with Gasteiger partial charge in [0.05, 0.1) is 0 Å². The lowest BCUT2D eigenvalue weighted by Gasteiger charge is -2.06. The zero-order chi connectivity index (χ0) is 13.1. The molecule has 1 heterocycles. The molecule has 2 aromatic carbocycles. The Morgan fingerprint density at radius 2 is 1.63 bits per heavy atom. The molecule has 0 fully saturated rings. The summed E-state index contributed by atoms with van der Waals surface area (Å²) in [5, 5.41) is 16.6. The molecule has 3 rings (SSSR count). The normalized spacial score (nSPS) is 10.9. The summed E-state index contributed by atoms with van der Waals surface area (Å²) in [4.78, 5) is 0. The highest BCUT2D eigenvalue weighted by molar-refractivity contribution is 7.17. The van der Waals surface area contributed by atoms with Crippen LogP contribution in [0.3, 0.4) is 0 Å². The summed E-state index contributed by atoms with van der Waals surface area (Å²) in [6.45, 7) is 1.50. The van der Waals surface area contributed by atoms with Gasteiger partial charge in [0, 0.05) is 23.4 Å². The highest BCUT2D eigenvalue weighted by atomic mass is 32.1. The Kier molecular flexibility index (Phi) is 3.49. The van der Waals surface area contributed by atoms with Crippen molar-refractivity contribution in [2.75, 3.05) is 0 Å². The molecule has 0 bridgehead atoms. The van der Waals surface area contributed by atoms with Gasteiger partial charge in [0.1, 0.15) is 5.75 Å². The van der Waals surface area contributed by atoms with Crippen molar-refractivity contribution in [3.8, 4) is 5.75 Å². The van der Waals surface area contributed by atoms with Gasteiger partial charge < -0.3 is 10.4 Å². The monoisotopic (exact) mass is 269 g/mol. The first-order chi connectivity index (χ1) is 9.34. The second-order valence-corrected chi connectivity index (χ2v) is 5.40. The van der Waals surface area contributed by atoms with E-state index in [1.54, 1.807) is 17.4 Å². The van der Waals surface area contributed by atoms with Crippen LogP contribution >= 0.6 is 11.3 Å². The third kappa shape index (κ3) is 2.62. The number of fused-ring (bicyclic) bond motifs is 1. The van der Waals surface area contributed by atoms with Crippen LogP contribution in [0.15, 0.2) is 53.9 Å². The van der Waals surface area contributed by atoms with Crippen molar-refractivity contribution < 1.29 is 5.11 Å². The lowest BCUT2D eigenvalue weighted by molar-refractivity contribution is 0.464. The van der Waals surface area contributed by atoms with Crippen molar-refractivity contribution in [2.45, 2.75) is 13.1 Å². The molecule has 96 valence electrons. The maximum Gasteiger partial charge on any atom is 0.120 e. The minimum atomic E-state index is 0.352. The molecule has 1 aromatic heterocycles. The third-order valence-electron chi connectivity index (χ3n) is 3.18. The molecule has 0 spiro atoms. The molecule has 0 unspecified atom stereocenters. The molecule has 0 saturated heterocycles. The van der Waals surface area contributed by atoms with E-state index < -0.39 is 0 Å². The van der Waals surface area contributed by atoms with Gasteiger partial charge in [-0.25, -0.2) is 0 Å². The SMILES string of the molecule is Oc1ccccc1CNCc1csc2ccccc12.